The van der Waals surface area contributed by atoms with Crippen LogP contribution in [0.2, 0.25) is 0 Å². The lowest BCUT2D eigenvalue weighted by Crippen LogP contribution is -2.11. The van der Waals surface area contributed by atoms with Crippen LogP contribution in [0.5, 0.6) is 0 Å². The molecule has 1 fully saturated rings. The smallest absolute Gasteiger partial charge is 0.259 e. The zero-order valence-corrected chi connectivity index (χ0v) is 14.3. The van der Waals surface area contributed by atoms with Gasteiger partial charge in [-0.05, 0) is 30.4 Å². The molecule has 5 nitrogen and oxygen atoms in total. The van der Waals surface area contributed by atoms with Crippen molar-refractivity contribution in [2.75, 3.05) is 12.4 Å². The summed E-state index contributed by atoms with van der Waals surface area (Å²) in [6, 6.07) is 6.17. The van der Waals surface area contributed by atoms with E-state index >= 15 is 0 Å². The summed E-state index contributed by atoms with van der Waals surface area (Å²) in [6.45, 7) is 1.54. The molecule has 0 radical (unpaired) electrons. The highest BCUT2D eigenvalue weighted by Crippen LogP contribution is 2.33. The Labute approximate surface area is 144 Å². The molecule has 1 N–H and O–H groups in total. The van der Waals surface area contributed by atoms with Crippen molar-refractivity contribution in [3.8, 4) is 0 Å². The molecule has 2 aromatic heterocycles. The van der Waals surface area contributed by atoms with Gasteiger partial charge in [-0.25, -0.2) is 4.98 Å². The fourth-order valence-electron chi connectivity index (χ4n) is 2.95. The molecule has 1 aliphatic rings. The molecule has 1 amide bonds. The number of hydrogen-bond donors (Lipinski definition) is 1. The van der Waals surface area contributed by atoms with Gasteiger partial charge < -0.3 is 9.30 Å². The Morgan fingerprint density at radius 2 is 2.33 bits per heavy atom. The van der Waals surface area contributed by atoms with Crippen LogP contribution in [0.25, 0.3) is 10.9 Å². The Bertz CT molecular complexity index is 866. The first-order valence-corrected chi connectivity index (χ1v) is 8.94. The van der Waals surface area contributed by atoms with Crippen LogP contribution in [-0.2, 0) is 17.9 Å². The van der Waals surface area contributed by atoms with Crippen LogP contribution in [0, 0.1) is 5.92 Å². The van der Waals surface area contributed by atoms with Gasteiger partial charge in [0.2, 0.25) is 0 Å². The van der Waals surface area contributed by atoms with Crippen LogP contribution in [-0.4, -0.2) is 22.6 Å². The number of anilines is 1. The summed E-state index contributed by atoms with van der Waals surface area (Å²) in [5, 5.41) is 6.33. The number of rotatable bonds is 6. The highest BCUT2D eigenvalue weighted by Gasteiger charge is 2.24. The van der Waals surface area contributed by atoms with Crippen molar-refractivity contribution in [3.05, 3.63) is 47.1 Å². The van der Waals surface area contributed by atoms with Gasteiger partial charge in [0.1, 0.15) is 0 Å². The van der Waals surface area contributed by atoms with Gasteiger partial charge in [-0.3, -0.25) is 10.1 Å². The molecule has 1 aliphatic carbocycles. The third kappa shape index (κ3) is 3.07. The number of nitrogens with one attached hydrogen (secondary N) is 1. The molecule has 0 atom stereocenters. The highest BCUT2D eigenvalue weighted by molar-refractivity contribution is 7.13. The summed E-state index contributed by atoms with van der Waals surface area (Å²) in [6.07, 6.45) is 6.21. The van der Waals surface area contributed by atoms with E-state index in [9.17, 15) is 4.79 Å². The van der Waals surface area contributed by atoms with E-state index in [1.165, 1.54) is 24.2 Å². The number of methoxy groups -OCH3 is 1. The SMILES string of the molecule is COCc1ccc2c(C(=O)Nc3nccs3)cn(CC3CC3)c2c1. The Morgan fingerprint density at radius 3 is 3.04 bits per heavy atom. The molecule has 4 rings (SSSR count). The summed E-state index contributed by atoms with van der Waals surface area (Å²) in [5.41, 5.74) is 2.91. The topological polar surface area (TPSA) is 56.1 Å². The molecule has 124 valence electrons. The van der Waals surface area contributed by atoms with Gasteiger partial charge in [-0.2, -0.15) is 0 Å². The molecule has 0 unspecified atom stereocenters. The van der Waals surface area contributed by atoms with Gasteiger partial charge in [0.25, 0.3) is 5.91 Å². The normalized spacial score (nSPS) is 14.2. The number of benzene rings is 1. The van der Waals surface area contributed by atoms with E-state index in [1.807, 2.05) is 23.7 Å². The zero-order valence-electron chi connectivity index (χ0n) is 13.5. The third-order valence-corrected chi connectivity index (χ3v) is 5.00. The minimum Gasteiger partial charge on any atom is -0.380 e. The largest absolute Gasteiger partial charge is 0.380 e. The maximum atomic E-state index is 12.7. The number of thiazole rings is 1. The van der Waals surface area contributed by atoms with E-state index in [4.69, 9.17) is 4.74 Å². The summed E-state index contributed by atoms with van der Waals surface area (Å²) in [4.78, 5) is 16.8. The van der Waals surface area contributed by atoms with Gasteiger partial charge in [-0.1, -0.05) is 12.1 Å². The summed E-state index contributed by atoms with van der Waals surface area (Å²) in [5.74, 6) is 0.630. The predicted molar refractivity (Wildman–Crippen MR) is 95.4 cm³/mol. The van der Waals surface area contributed by atoms with Crippen molar-refractivity contribution in [3.63, 3.8) is 0 Å². The fourth-order valence-corrected chi connectivity index (χ4v) is 3.48. The fraction of sp³-hybridized carbons (Fsp3) is 0.333. The molecule has 2 heterocycles. The number of amides is 1. The van der Waals surface area contributed by atoms with E-state index in [0.29, 0.717) is 17.3 Å². The lowest BCUT2D eigenvalue weighted by atomic mass is 10.1. The molecule has 1 saturated carbocycles. The van der Waals surface area contributed by atoms with Gasteiger partial charge in [0.15, 0.2) is 5.13 Å². The first-order valence-electron chi connectivity index (χ1n) is 8.06. The minimum absolute atomic E-state index is 0.107. The molecule has 0 saturated heterocycles. The van der Waals surface area contributed by atoms with E-state index in [2.05, 4.69) is 20.9 Å². The number of ether oxygens (including phenoxy) is 1. The van der Waals surface area contributed by atoms with Gasteiger partial charge >= 0.3 is 0 Å². The van der Waals surface area contributed by atoms with Crippen LogP contribution in [0.3, 0.4) is 0 Å². The Morgan fingerprint density at radius 1 is 1.46 bits per heavy atom. The number of nitrogens with zero attached hydrogens (tertiary/aromatic N) is 2. The average molecular weight is 341 g/mol. The van der Waals surface area contributed by atoms with Crippen molar-refractivity contribution < 1.29 is 9.53 Å². The monoisotopic (exact) mass is 341 g/mol. The molecule has 3 aromatic rings. The Hall–Kier alpha value is -2.18. The standard InChI is InChI=1S/C18H19N3O2S/c1-23-11-13-4-5-14-15(17(22)20-18-19-6-7-24-18)10-21(16(14)8-13)9-12-2-3-12/h4-8,10,12H,2-3,9,11H2,1H3,(H,19,20,22). The average Bonchev–Trinajstić information content (AvgIpc) is 3.11. The van der Waals surface area contributed by atoms with Crippen molar-refractivity contribution in [1.29, 1.82) is 0 Å². The van der Waals surface area contributed by atoms with E-state index < -0.39 is 0 Å². The van der Waals surface area contributed by atoms with E-state index in [0.717, 1.165) is 28.9 Å². The summed E-state index contributed by atoms with van der Waals surface area (Å²) in [7, 11) is 1.69. The second kappa shape index (κ2) is 6.37. The first kappa shape index (κ1) is 15.4. The van der Waals surface area contributed by atoms with Gasteiger partial charge in [-0.15, -0.1) is 11.3 Å². The maximum Gasteiger partial charge on any atom is 0.259 e. The maximum absolute atomic E-state index is 12.7. The van der Waals surface area contributed by atoms with Crippen LogP contribution >= 0.6 is 11.3 Å². The molecule has 0 spiro atoms. The minimum atomic E-state index is -0.107. The number of hydrogen-bond acceptors (Lipinski definition) is 4. The first-order chi connectivity index (χ1) is 11.7. The van der Waals surface area contributed by atoms with Gasteiger partial charge in [0, 0.05) is 42.3 Å². The predicted octanol–water partition coefficient (Wildman–Crippen LogP) is 3.91. The van der Waals surface area contributed by atoms with Crippen LogP contribution in [0.1, 0.15) is 28.8 Å². The molecular formula is C18H19N3O2S. The quantitative estimate of drug-likeness (QED) is 0.739. The zero-order chi connectivity index (χ0) is 16.5. The summed E-state index contributed by atoms with van der Waals surface area (Å²) >= 11 is 1.42. The van der Waals surface area contributed by atoms with Gasteiger partial charge in [0.05, 0.1) is 12.2 Å². The second-order valence-electron chi connectivity index (χ2n) is 6.21. The van der Waals surface area contributed by atoms with Crippen molar-refractivity contribution in [1.82, 2.24) is 9.55 Å². The summed E-state index contributed by atoms with van der Waals surface area (Å²) < 4.78 is 7.45. The van der Waals surface area contributed by atoms with Crippen LogP contribution < -0.4 is 5.32 Å². The third-order valence-electron chi connectivity index (χ3n) is 4.31. The lowest BCUT2D eigenvalue weighted by molar-refractivity contribution is 0.102. The molecule has 24 heavy (non-hydrogen) atoms. The molecule has 0 aliphatic heterocycles. The molecule has 0 bridgehead atoms. The number of carbonyl (C=O) groups is 1. The Balaban J connectivity index is 1.72. The van der Waals surface area contributed by atoms with E-state index in [-0.39, 0.29) is 5.91 Å². The molecule has 1 aromatic carbocycles. The van der Waals surface area contributed by atoms with Crippen molar-refractivity contribution in [2.45, 2.75) is 26.0 Å². The number of aromatic nitrogens is 2. The van der Waals surface area contributed by atoms with Crippen molar-refractivity contribution >= 4 is 33.3 Å². The number of fused-ring (bicyclic) bond motifs is 1. The van der Waals surface area contributed by atoms with Crippen LogP contribution in [0.4, 0.5) is 5.13 Å². The number of carbonyl (C=O) groups excluding carboxylic acids is 1. The van der Waals surface area contributed by atoms with Crippen LogP contribution in [0.15, 0.2) is 36.0 Å². The van der Waals surface area contributed by atoms with Crippen molar-refractivity contribution in [2.24, 2.45) is 5.92 Å². The second-order valence-corrected chi connectivity index (χ2v) is 7.11. The molecular weight excluding hydrogens is 322 g/mol. The highest BCUT2D eigenvalue weighted by atomic mass is 32.1. The van der Waals surface area contributed by atoms with E-state index in [1.54, 1.807) is 13.3 Å². The Kier molecular flexibility index (Phi) is 4.08. The lowest BCUT2D eigenvalue weighted by Gasteiger charge is -2.05. The molecule has 6 heteroatoms.